The zero-order valence-electron chi connectivity index (χ0n) is 14.2. The number of nitrogens with zero attached hydrogens (tertiary/aromatic N) is 1. The molecule has 1 atom stereocenters. The first-order valence-electron chi connectivity index (χ1n) is 8.39. The molecule has 26 heavy (non-hydrogen) atoms. The molecule has 1 aromatic heterocycles. The molecule has 6 heteroatoms. The van der Waals surface area contributed by atoms with Crippen LogP contribution in [0.2, 0.25) is 5.02 Å². The minimum Gasteiger partial charge on any atom is -0.350 e. The van der Waals surface area contributed by atoms with Gasteiger partial charge in [0.25, 0.3) is 5.91 Å². The van der Waals surface area contributed by atoms with Gasteiger partial charge in [-0.25, -0.2) is 4.98 Å². The Balaban J connectivity index is 1.52. The summed E-state index contributed by atoms with van der Waals surface area (Å²) in [5, 5.41) is 6.12. The third-order valence-electron chi connectivity index (χ3n) is 3.96. The molecule has 0 aliphatic carbocycles. The zero-order chi connectivity index (χ0) is 18.4. The van der Waals surface area contributed by atoms with Crippen LogP contribution in [0.5, 0.6) is 0 Å². The lowest BCUT2D eigenvalue weighted by molar-refractivity contribution is 0.0949. The number of hydrogen-bond acceptors (Lipinski definition) is 4. The quantitative estimate of drug-likeness (QED) is 0.645. The van der Waals surface area contributed by atoms with Gasteiger partial charge in [0.2, 0.25) is 0 Å². The van der Waals surface area contributed by atoms with Crippen molar-refractivity contribution in [2.45, 2.75) is 18.9 Å². The summed E-state index contributed by atoms with van der Waals surface area (Å²) in [7, 11) is 0. The molecule has 0 saturated carbocycles. The second kappa shape index (κ2) is 8.94. The highest BCUT2D eigenvalue weighted by Crippen LogP contribution is 2.20. The molecule has 0 aliphatic rings. The van der Waals surface area contributed by atoms with Crippen molar-refractivity contribution in [3.63, 3.8) is 0 Å². The maximum absolute atomic E-state index is 12.3. The molecular weight excluding hydrogens is 366 g/mol. The van der Waals surface area contributed by atoms with E-state index in [4.69, 9.17) is 17.3 Å². The van der Waals surface area contributed by atoms with E-state index in [2.05, 4.69) is 10.3 Å². The Kier molecular flexibility index (Phi) is 6.39. The van der Waals surface area contributed by atoms with Crippen LogP contribution < -0.4 is 11.1 Å². The fraction of sp³-hybridized carbons (Fsp3) is 0.200. The van der Waals surface area contributed by atoms with Crippen LogP contribution in [0.4, 0.5) is 0 Å². The Labute approximate surface area is 162 Å². The lowest BCUT2D eigenvalue weighted by Crippen LogP contribution is -2.26. The van der Waals surface area contributed by atoms with Crippen LogP contribution in [-0.2, 0) is 12.8 Å². The topological polar surface area (TPSA) is 68.0 Å². The number of carbonyl (C=O) groups is 1. The summed E-state index contributed by atoms with van der Waals surface area (Å²) >= 11 is 7.39. The summed E-state index contributed by atoms with van der Waals surface area (Å²) < 4.78 is 0. The van der Waals surface area contributed by atoms with Gasteiger partial charge in [0, 0.05) is 16.9 Å². The standard InChI is InChI=1S/C20H20ClN3OS/c21-16-8-4-7-15(11-16)9-10-23-19(25)18-13-26-20(24-18)17(22)12-14-5-2-1-3-6-14/h1-8,11,13,17H,9-10,12,22H2,(H,23,25). The molecule has 0 aliphatic heterocycles. The van der Waals surface area contributed by atoms with Gasteiger partial charge in [-0.3, -0.25) is 4.79 Å². The van der Waals surface area contributed by atoms with E-state index < -0.39 is 0 Å². The fourth-order valence-corrected chi connectivity index (χ4v) is 3.64. The Bertz CT molecular complexity index is 866. The number of amides is 1. The number of nitrogens with two attached hydrogens (primary N) is 1. The highest BCUT2D eigenvalue weighted by molar-refractivity contribution is 7.09. The average Bonchev–Trinajstić information content (AvgIpc) is 3.13. The Hall–Kier alpha value is -2.21. The first-order valence-corrected chi connectivity index (χ1v) is 9.65. The highest BCUT2D eigenvalue weighted by Gasteiger charge is 2.15. The van der Waals surface area contributed by atoms with Gasteiger partial charge in [0.05, 0.1) is 6.04 Å². The van der Waals surface area contributed by atoms with Gasteiger partial charge in [0.1, 0.15) is 10.7 Å². The summed E-state index contributed by atoms with van der Waals surface area (Å²) in [6.45, 7) is 0.530. The van der Waals surface area contributed by atoms with E-state index in [1.165, 1.54) is 11.3 Å². The average molecular weight is 386 g/mol. The molecule has 4 nitrogen and oxygen atoms in total. The summed E-state index contributed by atoms with van der Waals surface area (Å²) in [5.41, 5.74) is 8.89. The van der Waals surface area contributed by atoms with E-state index >= 15 is 0 Å². The summed E-state index contributed by atoms with van der Waals surface area (Å²) in [5.74, 6) is -0.179. The predicted molar refractivity (Wildman–Crippen MR) is 107 cm³/mol. The molecule has 0 spiro atoms. The largest absolute Gasteiger partial charge is 0.350 e. The van der Waals surface area contributed by atoms with Crippen LogP contribution in [0.25, 0.3) is 0 Å². The minimum absolute atomic E-state index is 0.179. The van der Waals surface area contributed by atoms with Crippen LogP contribution in [0.15, 0.2) is 60.0 Å². The van der Waals surface area contributed by atoms with Gasteiger partial charge in [-0.05, 0) is 36.1 Å². The minimum atomic E-state index is -0.213. The van der Waals surface area contributed by atoms with Gasteiger partial charge in [-0.2, -0.15) is 0 Å². The van der Waals surface area contributed by atoms with E-state index in [0.29, 0.717) is 23.7 Å². The Morgan fingerprint density at radius 3 is 2.69 bits per heavy atom. The number of halogens is 1. The number of rotatable bonds is 7. The Morgan fingerprint density at radius 2 is 1.92 bits per heavy atom. The number of thiazole rings is 1. The van der Waals surface area contributed by atoms with Crippen LogP contribution in [0.1, 0.15) is 32.7 Å². The molecule has 2 aromatic carbocycles. The fourth-order valence-electron chi connectivity index (χ4n) is 2.62. The number of aromatic nitrogens is 1. The molecule has 1 unspecified atom stereocenters. The van der Waals surface area contributed by atoms with E-state index in [1.807, 2.05) is 54.6 Å². The second-order valence-electron chi connectivity index (χ2n) is 6.00. The number of carbonyl (C=O) groups excluding carboxylic acids is 1. The SMILES string of the molecule is NC(Cc1ccccc1)c1nc(C(=O)NCCc2cccc(Cl)c2)cs1. The van der Waals surface area contributed by atoms with Gasteiger partial charge < -0.3 is 11.1 Å². The normalized spacial score (nSPS) is 11.9. The molecule has 0 saturated heterocycles. The summed E-state index contributed by atoms with van der Waals surface area (Å²) in [4.78, 5) is 16.7. The molecule has 3 rings (SSSR count). The van der Waals surface area contributed by atoms with Crippen molar-refractivity contribution in [1.82, 2.24) is 10.3 Å². The number of benzene rings is 2. The van der Waals surface area contributed by atoms with E-state index in [9.17, 15) is 4.79 Å². The lowest BCUT2D eigenvalue weighted by atomic mass is 10.1. The van der Waals surface area contributed by atoms with Crippen molar-refractivity contribution < 1.29 is 4.79 Å². The third-order valence-corrected chi connectivity index (χ3v) is 5.17. The maximum atomic E-state index is 12.3. The lowest BCUT2D eigenvalue weighted by Gasteiger charge is -2.08. The Morgan fingerprint density at radius 1 is 1.15 bits per heavy atom. The predicted octanol–water partition coefficient (Wildman–Crippen LogP) is 4.01. The van der Waals surface area contributed by atoms with Gasteiger partial charge >= 0.3 is 0 Å². The molecule has 134 valence electrons. The van der Waals surface area contributed by atoms with Crippen molar-refractivity contribution >= 4 is 28.8 Å². The summed E-state index contributed by atoms with van der Waals surface area (Å²) in [6, 6.07) is 17.4. The van der Waals surface area contributed by atoms with E-state index in [1.54, 1.807) is 5.38 Å². The van der Waals surface area contributed by atoms with Gasteiger partial charge in [-0.15, -0.1) is 11.3 Å². The second-order valence-corrected chi connectivity index (χ2v) is 7.33. The highest BCUT2D eigenvalue weighted by atomic mass is 35.5. The van der Waals surface area contributed by atoms with Crippen LogP contribution >= 0.6 is 22.9 Å². The monoisotopic (exact) mass is 385 g/mol. The molecule has 1 amide bonds. The first-order chi connectivity index (χ1) is 12.6. The number of hydrogen-bond donors (Lipinski definition) is 2. The molecule has 3 N–H and O–H groups in total. The molecule has 0 radical (unpaired) electrons. The van der Waals surface area contributed by atoms with Crippen molar-refractivity contribution in [3.8, 4) is 0 Å². The molecule has 0 bridgehead atoms. The van der Waals surface area contributed by atoms with Crippen LogP contribution in [-0.4, -0.2) is 17.4 Å². The van der Waals surface area contributed by atoms with E-state index in [0.717, 1.165) is 22.6 Å². The molecular formula is C20H20ClN3OS. The van der Waals surface area contributed by atoms with Gasteiger partial charge in [-0.1, -0.05) is 54.1 Å². The zero-order valence-corrected chi connectivity index (χ0v) is 15.8. The first kappa shape index (κ1) is 18.6. The summed E-state index contributed by atoms with van der Waals surface area (Å²) in [6.07, 6.45) is 1.42. The number of nitrogens with one attached hydrogen (secondary N) is 1. The maximum Gasteiger partial charge on any atom is 0.270 e. The van der Waals surface area contributed by atoms with Crippen LogP contribution in [0.3, 0.4) is 0 Å². The molecule has 0 fully saturated rings. The molecule has 3 aromatic rings. The van der Waals surface area contributed by atoms with Crippen molar-refractivity contribution in [2.24, 2.45) is 5.73 Å². The van der Waals surface area contributed by atoms with E-state index in [-0.39, 0.29) is 11.9 Å². The third kappa shape index (κ3) is 5.14. The van der Waals surface area contributed by atoms with Crippen molar-refractivity contribution in [3.05, 3.63) is 86.8 Å². The van der Waals surface area contributed by atoms with Crippen molar-refractivity contribution in [1.29, 1.82) is 0 Å². The van der Waals surface area contributed by atoms with Gasteiger partial charge in [0.15, 0.2) is 0 Å². The van der Waals surface area contributed by atoms with Crippen molar-refractivity contribution in [2.75, 3.05) is 6.54 Å². The smallest absolute Gasteiger partial charge is 0.270 e. The van der Waals surface area contributed by atoms with Crippen LogP contribution in [0, 0.1) is 0 Å². The molecule has 1 heterocycles.